The fraction of sp³-hybridized carbons (Fsp3) is 0.154. The summed E-state index contributed by atoms with van der Waals surface area (Å²) in [5.41, 5.74) is 6.35. The minimum absolute atomic E-state index is 0.271. The summed E-state index contributed by atoms with van der Waals surface area (Å²) in [6.07, 6.45) is 1.72. The Hall–Kier alpha value is -0.910. The quantitative estimate of drug-likeness (QED) is 0.920. The molecule has 2 aromatic rings. The number of halogens is 2. The van der Waals surface area contributed by atoms with E-state index in [0.29, 0.717) is 5.56 Å². The van der Waals surface area contributed by atoms with Gasteiger partial charge in [-0.15, -0.1) is 0 Å². The predicted octanol–water partition coefficient (Wildman–Crippen LogP) is 4.15. The van der Waals surface area contributed by atoms with E-state index < -0.39 is 0 Å². The smallest absolute Gasteiger partial charge is 0.129 e. The molecule has 0 saturated carbocycles. The summed E-state index contributed by atoms with van der Waals surface area (Å²) in [6, 6.07) is 8.41. The van der Waals surface area contributed by atoms with E-state index in [4.69, 9.17) is 5.73 Å². The topological polar surface area (TPSA) is 38.9 Å². The molecule has 1 heterocycles. The first-order valence-corrected chi connectivity index (χ1v) is 7.02. The monoisotopic (exact) mass is 326 g/mol. The van der Waals surface area contributed by atoms with E-state index in [1.54, 1.807) is 19.2 Å². The molecule has 2 N–H and O–H groups in total. The van der Waals surface area contributed by atoms with E-state index >= 15 is 0 Å². The second kappa shape index (κ2) is 5.82. The maximum atomic E-state index is 13.7. The van der Waals surface area contributed by atoms with Crippen LogP contribution in [0.1, 0.15) is 18.5 Å². The molecule has 2 rings (SSSR count). The van der Waals surface area contributed by atoms with Crippen molar-refractivity contribution in [3.63, 3.8) is 0 Å². The predicted molar refractivity (Wildman–Crippen MR) is 75.1 cm³/mol. The molecule has 0 aliphatic carbocycles. The van der Waals surface area contributed by atoms with Crippen molar-refractivity contribution in [2.45, 2.75) is 22.9 Å². The van der Waals surface area contributed by atoms with Crippen LogP contribution in [0.4, 0.5) is 4.39 Å². The van der Waals surface area contributed by atoms with Crippen molar-refractivity contribution in [3.8, 4) is 0 Å². The van der Waals surface area contributed by atoms with Crippen LogP contribution in [0, 0.1) is 5.82 Å². The van der Waals surface area contributed by atoms with Crippen molar-refractivity contribution in [2.24, 2.45) is 5.73 Å². The van der Waals surface area contributed by atoms with Gasteiger partial charge in [0, 0.05) is 27.2 Å². The summed E-state index contributed by atoms with van der Waals surface area (Å²) in [4.78, 5) is 5.06. The maximum absolute atomic E-state index is 13.7. The number of nitrogens with two attached hydrogens (primary N) is 1. The van der Waals surface area contributed by atoms with Gasteiger partial charge < -0.3 is 5.73 Å². The largest absolute Gasteiger partial charge is 0.324 e. The number of nitrogens with zero attached hydrogens (tertiary/aromatic N) is 1. The molecule has 0 spiro atoms. The number of rotatable bonds is 3. The molecule has 0 saturated heterocycles. The average Bonchev–Trinajstić information content (AvgIpc) is 2.32. The molecule has 0 aliphatic heterocycles. The van der Waals surface area contributed by atoms with Crippen LogP contribution in [0.25, 0.3) is 0 Å². The number of benzene rings is 1. The van der Waals surface area contributed by atoms with Gasteiger partial charge in [-0.3, -0.25) is 0 Å². The summed E-state index contributed by atoms with van der Waals surface area (Å²) in [7, 11) is 0. The minimum atomic E-state index is -0.343. The van der Waals surface area contributed by atoms with E-state index in [2.05, 4.69) is 20.9 Å². The van der Waals surface area contributed by atoms with Crippen LogP contribution in [0.15, 0.2) is 50.9 Å². The van der Waals surface area contributed by atoms with Gasteiger partial charge in [-0.2, -0.15) is 0 Å². The molecule has 0 amide bonds. The molecule has 0 unspecified atom stereocenters. The van der Waals surface area contributed by atoms with Gasteiger partial charge in [0.15, 0.2) is 0 Å². The van der Waals surface area contributed by atoms with Gasteiger partial charge in [0.25, 0.3) is 0 Å². The molecule has 1 aromatic heterocycles. The van der Waals surface area contributed by atoms with E-state index in [1.165, 1.54) is 17.8 Å². The van der Waals surface area contributed by atoms with Crippen LogP contribution in [0.5, 0.6) is 0 Å². The summed E-state index contributed by atoms with van der Waals surface area (Å²) in [5.74, 6) is -0.271. The summed E-state index contributed by atoms with van der Waals surface area (Å²) >= 11 is 4.74. The van der Waals surface area contributed by atoms with Crippen molar-refractivity contribution in [1.29, 1.82) is 0 Å². The lowest BCUT2D eigenvalue weighted by molar-refractivity contribution is 0.585. The second-order valence-corrected chi connectivity index (χ2v) is 5.83. The van der Waals surface area contributed by atoms with Crippen LogP contribution in [-0.2, 0) is 0 Å². The summed E-state index contributed by atoms with van der Waals surface area (Å²) in [6.45, 7) is 1.78. The Balaban J connectivity index is 2.34. The van der Waals surface area contributed by atoms with Gasteiger partial charge in [0.05, 0.1) is 0 Å². The highest BCUT2D eigenvalue weighted by Gasteiger charge is 2.13. The Morgan fingerprint density at radius 3 is 2.72 bits per heavy atom. The lowest BCUT2D eigenvalue weighted by Gasteiger charge is -2.12. The Morgan fingerprint density at radius 2 is 2.11 bits per heavy atom. The van der Waals surface area contributed by atoms with Gasteiger partial charge in [-0.05, 0) is 47.1 Å². The summed E-state index contributed by atoms with van der Waals surface area (Å²) < 4.78 is 14.7. The third-order valence-corrected chi connectivity index (χ3v) is 3.88. The molecule has 0 aliphatic rings. The first-order chi connectivity index (χ1) is 8.58. The van der Waals surface area contributed by atoms with Gasteiger partial charge in [-0.25, -0.2) is 9.37 Å². The lowest BCUT2D eigenvalue weighted by Crippen LogP contribution is -2.08. The zero-order valence-electron chi connectivity index (χ0n) is 9.73. The lowest BCUT2D eigenvalue weighted by atomic mass is 10.1. The molecular formula is C13H12BrFN2S. The van der Waals surface area contributed by atoms with Crippen molar-refractivity contribution >= 4 is 27.7 Å². The van der Waals surface area contributed by atoms with Crippen molar-refractivity contribution in [1.82, 2.24) is 4.98 Å². The highest BCUT2D eigenvalue weighted by Crippen LogP contribution is 2.33. The maximum Gasteiger partial charge on any atom is 0.129 e. The van der Waals surface area contributed by atoms with Crippen LogP contribution in [0.3, 0.4) is 0 Å². The second-order valence-electron chi connectivity index (χ2n) is 3.86. The Kier molecular flexibility index (Phi) is 4.37. The minimum Gasteiger partial charge on any atom is -0.324 e. The van der Waals surface area contributed by atoms with Crippen LogP contribution in [0.2, 0.25) is 0 Å². The molecule has 0 radical (unpaired) electrons. The first kappa shape index (κ1) is 13.5. The molecule has 1 aromatic carbocycles. The zero-order chi connectivity index (χ0) is 13.1. The highest BCUT2D eigenvalue weighted by atomic mass is 79.9. The van der Waals surface area contributed by atoms with Crippen molar-refractivity contribution < 1.29 is 4.39 Å². The van der Waals surface area contributed by atoms with E-state index in [1.807, 2.05) is 18.2 Å². The SMILES string of the molecule is C[C@@H](N)c1c(F)cccc1Sc1ccc(Br)cn1. The standard InChI is InChI=1S/C13H12BrFN2S/c1-8(16)13-10(15)3-2-4-11(13)18-12-6-5-9(14)7-17-12/h2-8H,16H2,1H3/t8-/m1/s1. The molecular weight excluding hydrogens is 315 g/mol. The van der Waals surface area contributed by atoms with Gasteiger partial charge in [-0.1, -0.05) is 17.8 Å². The normalized spacial score (nSPS) is 12.4. The van der Waals surface area contributed by atoms with E-state index in [-0.39, 0.29) is 11.9 Å². The Labute approximate surface area is 118 Å². The number of hydrogen-bond donors (Lipinski definition) is 1. The zero-order valence-corrected chi connectivity index (χ0v) is 12.1. The van der Waals surface area contributed by atoms with Crippen LogP contribution in [-0.4, -0.2) is 4.98 Å². The molecule has 1 atom stereocenters. The highest BCUT2D eigenvalue weighted by molar-refractivity contribution is 9.10. The Bertz CT molecular complexity index is 543. The Morgan fingerprint density at radius 1 is 1.33 bits per heavy atom. The molecule has 0 bridgehead atoms. The van der Waals surface area contributed by atoms with E-state index in [9.17, 15) is 4.39 Å². The molecule has 18 heavy (non-hydrogen) atoms. The fourth-order valence-electron chi connectivity index (χ4n) is 1.58. The van der Waals surface area contributed by atoms with Crippen LogP contribution >= 0.6 is 27.7 Å². The van der Waals surface area contributed by atoms with Gasteiger partial charge in [0.1, 0.15) is 10.8 Å². The molecule has 0 fully saturated rings. The third-order valence-electron chi connectivity index (χ3n) is 2.38. The molecule has 94 valence electrons. The average molecular weight is 327 g/mol. The van der Waals surface area contributed by atoms with Crippen LogP contribution < -0.4 is 5.73 Å². The van der Waals surface area contributed by atoms with E-state index in [0.717, 1.165) is 14.4 Å². The van der Waals surface area contributed by atoms with Crippen molar-refractivity contribution in [2.75, 3.05) is 0 Å². The van der Waals surface area contributed by atoms with Crippen molar-refractivity contribution in [3.05, 3.63) is 52.4 Å². The molecule has 5 heteroatoms. The number of hydrogen-bond acceptors (Lipinski definition) is 3. The number of aromatic nitrogens is 1. The fourth-order valence-corrected chi connectivity index (χ4v) is 2.82. The van der Waals surface area contributed by atoms with Gasteiger partial charge >= 0.3 is 0 Å². The summed E-state index contributed by atoms with van der Waals surface area (Å²) in [5, 5.41) is 0.811. The number of pyridine rings is 1. The first-order valence-electron chi connectivity index (χ1n) is 5.41. The molecule has 2 nitrogen and oxygen atoms in total. The van der Waals surface area contributed by atoms with Gasteiger partial charge in [0.2, 0.25) is 0 Å². The third kappa shape index (κ3) is 3.10.